The molecule has 0 amide bonds. The first kappa shape index (κ1) is 30.7. The van der Waals surface area contributed by atoms with Gasteiger partial charge in [-0.1, -0.05) is 60.1 Å². The first-order chi connectivity index (χ1) is 18.4. The number of rotatable bonds is 9. The topological polar surface area (TPSA) is 44.1 Å². The third-order valence-electron chi connectivity index (χ3n) is 5.99. The highest BCUT2D eigenvalue weighted by molar-refractivity contribution is 6.00. The summed E-state index contributed by atoms with van der Waals surface area (Å²) < 4.78 is 32.7. The number of unbranched alkanes of at least 4 members (excludes halogenated alkanes) is 1. The van der Waals surface area contributed by atoms with Crippen LogP contribution < -0.4 is 4.74 Å². The maximum Gasteiger partial charge on any atom is 0.159 e. The number of hydrogen-bond donors (Lipinski definition) is 0. The van der Waals surface area contributed by atoms with Crippen molar-refractivity contribution in [3.05, 3.63) is 94.9 Å². The zero-order valence-corrected chi connectivity index (χ0v) is 23.4. The van der Waals surface area contributed by atoms with Crippen molar-refractivity contribution in [3.8, 4) is 5.75 Å². The molecule has 0 spiro atoms. The molecule has 0 aliphatic carbocycles. The van der Waals surface area contributed by atoms with Gasteiger partial charge in [-0.2, -0.15) is 0 Å². The quantitative estimate of drug-likeness (QED) is 0.163. The van der Waals surface area contributed by atoms with Crippen LogP contribution in [0.1, 0.15) is 87.6 Å². The number of carbonyl (C=O) groups excluding carboxylic acids is 1. The molecular weight excluding hydrogens is 482 g/mol. The van der Waals surface area contributed by atoms with E-state index in [0.29, 0.717) is 13.2 Å². The molecule has 0 aliphatic rings. The highest BCUT2D eigenvalue weighted by atomic mass is 19.2. The molecule has 4 rings (SSSR count). The van der Waals surface area contributed by atoms with Crippen LogP contribution in [-0.2, 0) is 13.0 Å². The molecule has 2 aromatic carbocycles. The van der Waals surface area contributed by atoms with Crippen LogP contribution in [0.5, 0.6) is 5.75 Å². The Bertz CT molecular complexity index is 1280. The number of aromatic nitrogens is 2. The number of aldehydes is 1. The van der Waals surface area contributed by atoms with E-state index < -0.39 is 11.6 Å². The Kier molecular flexibility index (Phi) is 12.6. The van der Waals surface area contributed by atoms with Gasteiger partial charge in [0.05, 0.1) is 24.4 Å². The monoisotopic (exact) mass is 522 g/mol. The van der Waals surface area contributed by atoms with E-state index in [4.69, 9.17) is 4.74 Å². The smallest absolute Gasteiger partial charge is 0.159 e. The van der Waals surface area contributed by atoms with E-state index in [1.54, 1.807) is 12.3 Å². The van der Waals surface area contributed by atoms with Crippen LogP contribution in [0.2, 0.25) is 0 Å². The maximum atomic E-state index is 12.4. The van der Waals surface area contributed by atoms with Gasteiger partial charge in [0, 0.05) is 28.9 Å². The van der Waals surface area contributed by atoms with E-state index in [-0.39, 0.29) is 5.92 Å². The zero-order valence-electron chi connectivity index (χ0n) is 23.4. The number of aryl methyl sites for hydroxylation is 1. The lowest BCUT2D eigenvalue weighted by Crippen LogP contribution is -2.08. The minimum Gasteiger partial charge on any atom is -0.494 e. The molecule has 38 heavy (non-hydrogen) atoms. The fourth-order valence-electron chi connectivity index (χ4n) is 4.13. The van der Waals surface area contributed by atoms with Gasteiger partial charge in [0.1, 0.15) is 5.75 Å². The Hall–Kier alpha value is -3.54. The standard InChI is InChI=1S/C22H26N2O2.C8H8F2.C2H6/c1-4-5-12-26-18-9-10-19-20(15-25)22(16(2)3)24(21(19)13-18)14-17-8-6-7-11-23-17;1-2-6-3-4-7(9)8(10)5-6;1-2/h6-11,13,15-16H,4-5,12,14H2,1-3H3;3-5H,2H2,1H3;1-2H3. The van der Waals surface area contributed by atoms with Crippen molar-refractivity contribution in [2.75, 3.05) is 6.61 Å². The van der Waals surface area contributed by atoms with Gasteiger partial charge in [-0.25, -0.2) is 8.78 Å². The van der Waals surface area contributed by atoms with Crippen LogP contribution in [0, 0.1) is 11.6 Å². The van der Waals surface area contributed by atoms with Crippen LogP contribution in [0.4, 0.5) is 8.78 Å². The summed E-state index contributed by atoms with van der Waals surface area (Å²) in [5.41, 5.74) is 4.63. The fourth-order valence-corrected chi connectivity index (χ4v) is 4.13. The largest absolute Gasteiger partial charge is 0.494 e. The van der Waals surface area contributed by atoms with Gasteiger partial charge < -0.3 is 9.30 Å². The predicted octanol–water partition coefficient (Wildman–Crippen LogP) is 8.75. The summed E-state index contributed by atoms with van der Waals surface area (Å²) in [5.74, 6) is -0.467. The van der Waals surface area contributed by atoms with Gasteiger partial charge in [0.25, 0.3) is 0 Å². The second-order valence-corrected chi connectivity index (χ2v) is 8.96. The Balaban J connectivity index is 0.000000353. The normalized spacial score (nSPS) is 10.4. The molecule has 204 valence electrons. The van der Waals surface area contributed by atoms with Gasteiger partial charge in [-0.05, 0) is 60.7 Å². The van der Waals surface area contributed by atoms with E-state index in [1.165, 1.54) is 6.07 Å². The number of nitrogens with zero attached hydrogens (tertiary/aromatic N) is 2. The van der Waals surface area contributed by atoms with E-state index in [2.05, 4.69) is 30.3 Å². The Morgan fingerprint density at radius 1 is 1.00 bits per heavy atom. The van der Waals surface area contributed by atoms with Crippen molar-refractivity contribution in [2.24, 2.45) is 0 Å². The summed E-state index contributed by atoms with van der Waals surface area (Å²) in [5, 5.41) is 0.975. The Labute approximate surface area is 225 Å². The second-order valence-electron chi connectivity index (χ2n) is 8.96. The number of carbonyl (C=O) groups is 1. The average molecular weight is 523 g/mol. The van der Waals surface area contributed by atoms with Crippen molar-refractivity contribution < 1.29 is 18.3 Å². The number of pyridine rings is 1. The molecular formula is C32H40F2N2O2. The number of halogens is 2. The zero-order chi connectivity index (χ0) is 28.1. The van der Waals surface area contributed by atoms with Gasteiger partial charge in [-0.3, -0.25) is 9.78 Å². The van der Waals surface area contributed by atoms with E-state index in [9.17, 15) is 13.6 Å². The van der Waals surface area contributed by atoms with E-state index in [1.807, 2.05) is 57.2 Å². The van der Waals surface area contributed by atoms with E-state index in [0.717, 1.165) is 70.8 Å². The number of hydrogen-bond acceptors (Lipinski definition) is 3. The van der Waals surface area contributed by atoms with Crippen LogP contribution in [0.3, 0.4) is 0 Å². The van der Waals surface area contributed by atoms with E-state index >= 15 is 0 Å². The maximum absolute atomic E-state index is 12.4. The molecule has 4 nitrogen and oxygen atoms in total. The molecule has 2 aromatic heterocycles. The second kappa shape index (κ2) is 15.7. The number of ether oxygens (including phenoxy) is 1. The molecule has 0 bridgehead atoms. The molecule has 0 saturated carbocycles. The summed E-state index contributed by atoms with van der Waals surface area (Å²) >= 11 is 0. The highest BCUT2D eigenvalue weighted by Gasteiger charge is 2.20. The molecule has 2 heterocycles. The van der Waals surface area contributed by atoms with Crippen LogP contribution >= 0.6 is 0 Å². The molecule has 4 aromatic rings. The molecule has 0 fully saturated rings. The lowest BCUT2D eigenvalue weighted by Gasteiger charge is -2.14. The minimum absolute atomic E-state index is 0.232. The van der Waals surface area contributed by atoms with Crippen molar-refractivity contribution in [1.29, 1.82) is 0 Å². The average Bonchev–Trinajstić information content (AvgIpc) is 3.25. The van der Waals surface area contributed by atoms with Gasteiger partial charge >= 0.3 is 0 Å². The molecule has 0 N–H and O–H groups in total. The number of fused-ring (bicyclic) bond motifs is 1. The predicted molar refractivity (Wildman–Crippen MR) is 152 cm³/mol. The molecule has 0 radical (unpaired) electrons. The van der Waals surface area contributed by atoms with Crippen LogP contribution in [0.25, 0.3) is 10.9 Å². The van der Waals surface area contributed by atoms with Gasteiger partial charge in [0.15, 0.2) is 17.9 Å². The lowest BCUT2D eigenvalue weighted by atomic mass is 10.0. The van der Waals surface area contributed by atoms with Crippen molar-refractivity contribution in [1.82, 2.24) is 9.55 Å². The molecule has 0 unspecified atom stereocenters. The third kappa shape index (κ3) is 7.98. The number of benzene rings is 2. The third-order valence-corrected chi connectivity index (χ3v) is 5.99. The molecule has 0 aliphatic heterocycles. The summed E-state index contributed by atoms with van der Waals surface area (Å²) in [6, 6.07) is 15.9. The SMILES string of the molecule is CC.CCCCOc1ccc2c(C=O)c(C(C)C)n(Cc3ccccn3)c2c1.CCc1ccc(F)c(F)c1. The Morgan fingerprint density at radius 2 is 1.76 bits per heavy atom. The minimum atomic E-state index is -0.780. The Morgan fingerprint density at radius 3 is 2.34 bits per heavy atom. The van der Waals surface area contributed by atoms with Crippen molar-refractivity contribution in [2.45, 2.75) is 73.3 Å². The summed E-state index contributed by atoms with van der Waals surface area (Å²) in [7, 11) is 0. The molecule has 0 saturated heterocycles. The summed E-state index contributed by atoms with van der Waals surface area (Å²) in [6.07, 6.45) is 5.65. The van der Waals surface area contributed by atoms with Gasteiger partial charge in [0.2, 0.25) is 0 Å². The van der Waals surface area contributed by atoms with Crippen LogP contribution in [0.15, 0.2) is 60.8 Å². The summed E-state index contributed by atoms with van der Waals surface area (Å²) in [4.78, 5) is 16.3. The first-order valence-electron chi connectivity index (χ1n) is 13.5. The van der Waals surface area contributed by atoms with Crippen LogP contribution in [-0.4, -0.2) is 22.4 Å². The molecule has 0 atom stereocenters. The fraction of sp³-hybridized carbons (Fsp3) is 0.375. The first-order valence-corrected chi connectivity index (χ1v) is 13.5. The van der Waals surface area contributed by atoms with Gasteiger partial charge in [-0.15, -0.1) is 0 Å². The lowest BCUT2D eigenvalue weighted by molar-refractivity contribution is 0.112. The van der Waals surface area contributed by atoms with Crippen molar-refractivity contribution in [3.63, 3.8) is 0 Å². The van der Waals surface area contributed by atoms with Crippen molar-refractivity contribution >= 4 is 17.2 Å². The summed E-state index contributed by atoms with van der Waals surface area (Å²) in [6.45, 7) is 13.6. The highest BCUT2D eigenvalue weighted by Crippen LogP contribution is 2.33. The molecule has 6 heteroatoms.